The summed E-state index contributed by atoms with van der Waals surface area (Å²) in [6, 6.07) is 2.66. The normalized spacial score (nSPS) is 23.9. The molecule has 0 radical (unpaired) electrons. The molecule has 2 rings (SSSR count). The van der Waals surface area contributed by atoms with Crippen LogP contribution in [0.25, 0.3) is 0 Å². The van der Waals surface area contributed by atoms with Gasteiger partial charge in [-0.3, -0.25) is 4.98 Å². The van der Waals surface area contributed by atoms with Gasteiger partial charge in [0, 0.05) is 31.9 Å². The van der Waals surface area contributed by atoms with E-state index in [1.54, 1.807) is 0 Å². The fraction of sp³-hybridized carbons (Fsp3) is 0.688. The smallest absolute Gasteiger partial charge is 0.0598 e. The Morgan fingerprint density at radius 1 is 1.37 bits per heavy atom. The van der Waals surface area contributed by atoms with E-state index in [0.29, 0.717) is 6.04 Å². The molecule has 0 spiro atoms. The van der Waals surface area contributed by atoms with Gasteiger partial charge in [-0.15, -0.1) is 0 Å². The summed E-state index contributed by atoms with van der Waals surface area (Å²) < 4.78 is 0. The summed E-state index contributed by atoms with van der Waals surface area (Å²) in [6.07, 6.45) is 5.21. The minimum atomic E-state index is 0.515. The van der Waals surface area contributed by atoms with Gasteiger partial charge in [-0.25, -0.2) is 0 Å². The topological polar surface area (TPSA) is 28.2 Å². The zero-order valence-electron chi connectivity index (χ0n) is 12.7. The Kier molecular flexibility index (Phi) is 4.81. The van der Waals surface area contributed by atoms with Gasteiger partial charge in [0.2, 0.25) is 0 Å². The lowest BCUT2D eigenvalue weighted by Crippen LogP contribution is -2.39. The summed E-state index contributed by atoms with van der Waals surface area (Å²) in [5, 5.41) is 3.51. The molecule has 1 fully saturated rings. The number of hydrogen-bond acceptors (Lipinski definition) is 3. The largest absolute Gasteiger partial charge is 0.370 e. The maximum atomic E-state index is 4.32. The standard InChI is InChI=1S/C16H27N3/c1-12(2)18-9-15-5-7-17-10-16(15)19-8-6-13(3)14(4)11-19/h5,7,10,12-14,18H,6,8-9,11H2,1-4H3. The zero-order valence-corrected chi connectivity index (χ0v) is 12.7. The zero-order chi connectivity index (χ0) is 13.8. The molecule has 1 aliphatic rings. The van der Waals surface area contributed by atoms with E-state index < -0.39 is 0 Å². The van der Waals surface area contributed by atoms with Gasteiger partial charge in [0.05, 0.1) is 11.9 Å². The van der Waals surface area contributed by atoms with E-state index >= 15 is 0 Å². The molecule has 106 valence electrons. The number of aromatic nitrogens is 1. The summed E-state index contributed by atoms with van der Waals surface area (Å²) in [5.41, 5.74) is 2.68. The van der Waals surface area contributed by atoms with E-state index in [-0.39, 0.29) is 0 Å². The minimum absolute atomic E-state index is 0.515. The van der Waals surface area contributed by atoms with Gasteiger partial charge in [0.25, 0.3) is 0 Å². The number of pyridine rings is 1. The molecule has 1 aromatic rings. The van der Waals surface area contributed by atoms with Crippen molar-refractivity contribution < 1.29 is 0 Å². The van der Waals surface area contributed by atoms with E-state index in [0.717, 1.165) is 31.5 Å². The Morgan fingerprint density at radius 3 is 2.84 bits per heavy atom. The van der Waals surface area contributed by atoms with Crippen molar-refractivity contribution in [1.82, 2.24) is 10.3 Å². The first kappa shape index (κ1) is 14.3. The van der Waals surface area contributed by atoms with Crippen LogP contribution in [0, 0.1) is 11.8 Å². The SMILES string of the molecule is CC(C)NCc1ccncc1N1CCC(C)C(C)C1. The van der Waals surface area contributed by atoms with Gasteiger partial charge in [-0.1, -0.05) is 27.7 Å². The molecule has 0 bridgehead atoms. The molecular weight excluding hydrogens is 234 g/mol. The fourth-order valence-corrected chi connectivity index (χ4v) is 2.64. The van der Waals surface area contributed by atoms with Gasteiger partial charge in [-0.05, 0) is 29.9 Å². The summed E-state index contributed by atoms with van der Waals surface area (Å²) in [6.45, 7) is 12.3. The second kappa shape index (κ2) is 6.38. The molecule has 0 aromatic carbocycles. The highest BCUT2D eigenvalue weighted by Gasteiger charge is 2.24. The number of nitrogens with one attached hydrogen (secondary N) is 1. The van der Waals surface area contributed by atoms with Gasteiger partial charge in [-0.2, -0.15) is 0 Å². The van der Waals surface area contributed by atoms with Crippen molar-refractivity contribution in [2.45, 2.75) is 46.7 Å². The van der Waals surface area contributed by atoms with Gasteiger partial charge in [0.15, 0.2) is 0 Å². The number of rotatable bonds is 4. The molecule has 3 nitrogen and oxygen atoms in total. The highest BCUT2D eigenvalue weighted by molar-refractivity contribution is 5.52. The second-order valence-corrected chi connectivity index (χ2v) is 6.23. The number of hydrogen-bond donors (Lipinski definition) is 1. The summed E-state index contributed by atoms with van der Waals surface area (Å²) >= 11 is 0. The quantitative estimate of drug-likeness (QED) is 0.903. The molecule has 0 amide bonds. The van der Waals surface area contributed by atoms with Crippen molar-refractivity contribution in [3.63, 3.8) is 0 Å². The van der Waals surface area contributed by atoms with Crippen molar-refractivity contribution in [3.05, 3.63) is 24.0 Å². The highest BCUT2D eigenvalue weighted by Crippen LogP contribution is 2.28. The van der Waals surface area contributed by atoms with Crippen LogP contribution < -0.4 is 10.2 Å². The van der Waals surface area contributed by atoms with Crippen molar-refractivity contribution in [1.29, 1.82) is 0 Å². The lowest BCUT2D eigenvalue weighted by atomic mass is 9.88. The van der Waals surface area contributed by atoms with E-state index in [9.17, 15) is 0 Å². The van der Waals surface area contributed by atoms with E-state index in [1.165, 1.54) is 17.7 Å². The van der Waals surface area contributed by atoms with E-state index in [2.05, 4.69) is 49.0 Å². The lowest BCUT2D eigenvalue weighted by molar-refractivity contribution is 0.323. The van der Waals surface area contributed by atoms with Crippen molar-refractivity contribution in [2.24, 2.45) is 11.8 Å². The first-order valence-electron chi connectivity index (χ1n) is 7.49. The third kappa shape index (κ3) is 3.69. The fourth-order valence-electron chi connectivity index (χ4n) is 2.64. The van der Waals surface area contributed by atoms with Crippen molar-refractivity contribution in [2.75, 3.05) is 18.0 Å². The van der Waals surface area contributed by atoms with Gasteiger partial charge in [0.1, 0.15) is 0 Å². The second-order valence-electron chi connectivity index (χ2n) is 6.23. The molecule has 0 aliphatic carbocycles. The first-order chi connectivity index (χ1) is 9.08. The number of anilines is 1. The molecule has 2 atom stereocenters. The van der Waals surface area contributed by atoms with E-state index in [1.807, 2.05) is 12.4 Å². The molecule has 1 aromatic heterocycles. The number of nitrogens with zero attached hydrogens (tertiary/aromatic N) is 2. The Balaban J connectivity index is 2.10. The van der Waals surface area contributed by atoms with Crippen LogP contribution in [0.4, 0.5) is 5.69 Å². The Labute approximate surface area is 117 Å². The van der Waals surface area contributed by atoms with Crippen molar-refractivity contribution in [3.8, 4) is 0 Å². The molecule has 1 N–H and O–H groups in total. The summed E-state index contributed by atoms with van der Waals surface area (Å²) in [5.74, 6) is 1.60. The molecule has 2 unspecified atom stereocenters. The van der Waals surface area contributed by atoms with Crippen LogP contribution in [0.15, 0.2) is 18.5 Å². The van der Waals surface area contributed by atoms with E-state index in [4.69, 9.17) is 0 Å². The summed E-state index contributed by atoms with van der Waals surface area (Å²) in [7, 11) is 0. The highest BCUT2D eigenvalue weighted by atomic mass is 15.1. The lowest BCUT2D eigenvalue weighted by Gasteiger charge is -2.37. The average molecular weight is 261 g/mol. The minimum Gasteiger partial charge on any atom is -0.370 e. The molecule has 2 heterocycles. The maximum absolute atomic E-state index is 4.32. The molecule has 19 heavy (non-hydrogen) atoms. The maximum Gasteiger partial charge on any atom is 0.0598 e. The van der Waals surface area contributed by atoms with Crippen LogP contribution in [0.3, 0.4) is 0 Å². The number of piperidine rings is 1. The van der Waals surface area contributed by atoms with Crippen LogP contribution >= 0.6 is 0 Å². The van der Waals surface area contributed by atoms with Crippen LogP contribution in [0.2, 0.25) is 0 Å². The third-order valence-electron chi connectivity index (χ3n) is 4.26. The van der Waals surface area contributed by atoms with Gasteiger partial charge >= 0.3 is 0 Å². The van der Waals surface area contributed by atoms with Crippen LogP contribution in [-0.4, -0.2) is 24.1 Å². The third-order valence-corrected chi connectivity index (χ3v) is 4.26. The van der Waals surface area contributed by atoms with Crippen LogP contribution in [0.1, 0.15) is 39.7 Å². The Morgan fingerprint density at radius 2 is 2.16 bits per heavy atom. The monoisotopic (exact) mass is 261 g/mol. The molecule has 1 aliphatic heterocycles. The Bertz CT molecular complexity index is 403. The predicted octanol–water partition coefficient (Wildman–Crippen LogP) is 3.06. The van der Waals surface area contributed by atoms with Crippen molar-refractivity contribution >= 4 is 5.69 Å². The van der Waals surface area contributed by atoms with Crippen LogP contribution in [-0.2, 0) is 6.54 Å². The molecule has 3 heteroatoms. The molecule has 1 saturated heterocycles. The summed E-state index contributed by atoms with van der Waals surface area (Å²) in [4.78, 5) is 6.83. The molecule has 0 saturated carbocycles. The van der Waals surface area contributed by atoms with Crippen LogP contribution in [0.5, 0.6) is 0 Å². The predicted molar refractivity (Wildman–Crippen MR) is 81.4 cm³/mol. The van der Waals surface area contributed by atoms with Gasteiger partial charge < -0.3 is 10.2 Å². The first-order valence-corrected chi connectivity index (χ1v) is 7.49. The average Bonchev–Trinajstić information content (AvgIpc) is 2.40. The Hall–Kier alpha value is -1.09. The molecular formula is C16H27N3.